The van der Waals surface area contributed by atoms with Crippen molar-refractivity contribution in [1.29, 1.82) is 0 Å². The number of carbonyl (C=O) groups is 1. The molecule has 0 saturated carbocycles. The average molecular weight is 295 g/mol. The number of benzene rings is 2. The summed E-state index contributed by atoms with van der Waals surface area (Å²) in [5, 5.41) is 0. The number of hydrogen-bond acceptors (Lipinski definition) is 2. The number of likely N-dealkylation sites (tertiary alicyclic amines) is 1. The zero-order valence-corrected chi connectivity index (χ0v) is 12.7. The lowest BCUT2D eigenvalue weighted by atomic mass is 10.00. The third-order valence-corrected chi connectivity index (χ3v) is 4.01. The third-order valence-electron chi connectivity index (χ3n) is 4.01. The molecule has 3 nitrogen and oxygen atoms in total. The van der Waals surface area contributed by atoms with Gasteiger partial charge in [-0.3, -0.25) is 4.79 Å². The Labute approximate surface area is 131 Å². The molecular weight excluding hydrogens is 274 g/mol. The van der Waals surface area contributed by atoms with Crippen molar-refractivity contribution in [2.45, 2.75) is 12.8 Å². The lowest BCUT2D eigenvalue weighted by molar-refractivity contribution is -0.138. The summed E-state index contributed by atoms with van der Waals surface area (Å²) in [5.41, 5.74) is 1.22. The van der Waals surface area contributed by atoms with Crippen molar-refractivity contribution < 1.29 is 9.53 Å². The first-order valence-corrected chi connectivity index (χ1v) is 7.81. The van der Waals surface area contributed by atoms with Crippen LogP contribution in [0.4, 0.5) is 0 Å². The molecule has 1 aliphatic heterocycles. The number of para-hydroxylation sites is 1. The summed E-state index contributed by atoms with van der Waals surface area (Å²) in [4.78, 5) is 14.0. The fourth-order valence-electron chi connectivity index (χ4n) is 2.66. The van der Waals surface area contributed by atoms with E-state index in [9.17, 15) is 4.79 Å². The van der Waals surface area contributed by atoms with Gasteiger partial charge < -0.3 is 9.64 Å². The Kier molecular flexibility index (Phi) is 4.74. The normalized spacial score (nSPS) is 14.5. The van der Waals surface area contributed by atoms with E-state index in [1.807, 2.05) is 53.4 Å². The van der Waals surface area contributed by atoms with Crippen molar-refractivity contribution in [3.8, 4) is 5.75 Å². The minimum absolute atomic E-state index is 0.250. The van der Waals surface area contributed by atoms with Crippen molar-refractivity contribution in [2.24, 2.45) is 5.92 Å². The molecule has 0 spiro atoms. The van der Waals surface area contributed by atoms with Crippen LogP contribution in [0.5, 0.6) is 5.75 Å². The Morgan fingerprint density at radius 1 is 1.00 bits per heavy atom. The van der Waals surface area contributed by atoms with E-state index in [4.69, 9.17) is 4.74 Å². The first-order valence-electron chi connectivity index (χ1n) is 7.81. The molecule has 114 valence electrons. The highest BCUT2D eigenvalue weighted by Crippen LogP contribution is 2.19. The van der Waals surface area contributed by atoms with Gasteiger partial charge in [-0.05, 0) is 24.1 Å². The van der Waals surface area contributed by atoms with Gasteiger partial charge >= 0.3 is 0 Å². The molecule has 1 heterocycles. The Hall–Kier alpha value is -2.29. The van der Waals surface area contributed by atoms with Crippen molar-refractivity contribution in [3.63, 3.8) is 0 Å². The lowest BCUT2D eigenvalue weighted by Crippen LogP contribution is -2.52. The molecule has 0 bridgehead atoms. The summed E-state index contributed by atoms with van der Waals surface area (Å²) in [6, 6.07) is 20.0. The van der Waals surface area contributed by atoms with Crippen LogP contribution in [0.25, 0.3) is 0 Å². The van der Waals surface area contributed by atoms with Gasteiger partial charge in [0, 0.05) is 25.4 Å². The molecule has 1 saturated heterocycles. The number of amides is 1. The van der Waals surface area contributed by atoms with E-state index in [-0.39, 0.29) is 5.91 Å². The molecule has 0 aromatic heterocycles. The van der Waals surface area contributed by atoms with E-state index in [1.165, 1.54) is 5.56 Å². The lowest BCUT2D eigenvalue weighted by Gasteiger charge is -2.39. The number of hydrogen-bond donors (Lipinski definition) is 0. The van der Waals surface area contributed by atoms with Crippen molar-refractivity contribution in [3.05, 3.63) is 66.2 Å². The molecule has 1 fully saturated rings. The van der Waals surface area contributed by atoms with E-state index in [0.29, 0.717) is 18.9 Å². The summed E-state index contributed by atoms with van der Waals surface area (Å²) < 4.78 is 5.73. The second kappa shape index (κ2) is 7.12. The predicted molar refractivity (Wildman–Crippen MR) is 86.8 cm³/mol. The summed E-state index contributed by atoms with van der Waals surface area (Å²) >= 11 is 0. The maximum absolute atomic E-state index is 12.1. The molecule has 3 rings (SSSR count). The summed E-state index contributed by atoms with van der Waals surface area (Å²) in [6.07, 6.45) is 1.41. The molecule has 2 aromatic carbocycles. The molecule has 2 aromatic rings. The molecule has 0 atom stereocenters. The molecule has 3 heteroatoms. The average Bonchev–Trinajstić information content (AvgIpc) is 2.53. The third kappa shape index (κ3) is 3.88. The summed E-state index contributed by atoms with van der Waals surface area (Å²) in [6.45, 7) is 2.33. The van der Waals surface area contributed by atoms with Crippen molar-refractivity contribution >= 4 is 5.91 Å². The maximum Gasteiger partial charge on any atom is 0.222 e. The Bertz CT molecular complexity index is 591. The highest BCUT2D eigenvalue weighted by Gasteiger charge is 2.30. The van der Waals surface area contributed by atoms with E-state index in [1.54, 1.807) is 0 Å². The molecule has 22 heavy (non-hydrogen) atoms. The van der Waals surface area contributed by atoms with Gasteiger partial charge in [0.1, 0.15) is 5.75 Å². The quantitative estimate of drug-likeness (QED) is 0.819. The zero-order valence-electron chi connectivity index (χ0n) is 12.7. The summed E-state index contributed by atoms with van der Waals surface area (Å²) in [5.74, 6) is 1.61. The van der Waals surface area contributed by atoms with Gasteiger partial charge in [0.05, 0.1) is 6.61 Å². The van der Waals surface area contributed by atoms with E-state index < -0.39 is 0 Å². The van der Waals surface area contributed by atoms with Gasteiger partial charge in [0.2, 0.25) is 5.91 Å². The Morgan fingerprint density at radius 3 is 2.32 bits per heavy atom. The van der Waals surface area contributed by atoms with E-state index in [0.717, 1.165) is 25.3 Å². The molecule has 0 N–H and O–H groups in total. The van der Waals surface area contributed by atoms with Crippen molar-refractivity contribution in [2.75, 3.05) is 19.7 Å². The van der Waals surface area contributed by atoms with E-state index >= 15 is 0 Å². The minimum atomic E-state index is 0.250. The first-order chi connectivity index (χ1) is 10.8. The van der Waals surface area contributed by atoms with Crippen LogP contribution in [0.3, 0.4) is 0 Å². The highest BCUT2D eigenvalue weighted by molar-refractivity contribution is 5.77. The standard InChI is InChI=1S/C19H21NO2/c21-19(12-11-16-7-3-1-4-8-16)20-13-17(14-20)15-22-18-9-5-2-6-10-18/h1-10,17H,11-15H2. The first kappa shape index (κ1) is 14.6. The number of carbonyl (C=O) groups excluding carboxylic acids is 1. The topological polar surface area (TPSA) is 29.5 Å². The molecular formula is C19H21NO2. The van der Waals surface area contributed by atoms with Crippen LogP contribution in [0, 0.1) is 5.92 Å². The number of ether oxygens (including phenoxy) is 1. The van der Waals surface area contributed by atoms with Gasteiger partial charge in [0.15, 0.2) is 0 Å². The number of nitrogens with zero attached hydrogens (tertiary/aromatic N) is 1. The number of rotatable bonds is 6. The van der Waals surface area contributed by atoms with Crippen LogP contribution in [-0.4, -0.2) is 30.5 Å². The highest BCUT2D eigenvalue weighted by atomic mass is 16.5. The smallest absolute Gasteiger partial charge is 0.222 e. The van der Waals surface area contributed by atoms with Crippen LogP contribution in [0.15, 0.2) is 60.7 Å². The predicted octanol–water partition coefficient (Wildman–Crippen LogP) is 3.16. The fraction of sp³-hybridized carbons (Fsp3) is 0.316. The molecule has 1 aliphatic rings. The van der Waals surface area contributed by atoms with Crippen molar-refractivity contribution in [1.82, 2.24) is 4.90 Å². The van der Waals surface area contributed by atoms with Crippen LogP contribution in [0.1, 0.15) is 12.0 Å². The molecule has 0 aliphatic carbocycles. The van der Waals surface area contributed by atoms with Crippen LogP contribution < -0.4 is 4.74 Å². The monoisotopic (exact) mass is 295 g/mol. The SMILES string of the molecule is O=C(CCc1ccccc1)N1CC(COc2ccccc2)C1. The second-order valence-electron chi connectivity index (χ2n) is 5.77. The number of aryl methyl sites for hydroxylation is 1. The maximum atomic E-state index is 12.1. The van der Waals surface area contributed by atoms with Gasteiger partial charge in [-0.2, -0.15) is 0 Å². The van der Waals surface area contributed by atoms with Crippen LogP contribution >= 0.6 is 0 Å². The van der Waals surface area contributed by atoms with E-state index in [2.05, 4.69) is 12.1 Å². The van der Waals surface area contributed by atoms with Crippen LogP contribution in [0.2, 0.25) is 0 Å². The Balaban J connectivity index is 1.35. The summed E-state index contributed by atoms with van der Waals surface area (Å²) in [7, 11) is 0. The Morgan fingerprint density at radius 2 is 1.64 bits per heavy atom. The fourth-order valence-corrected chi connectivity index (χ4v) is 2.66. The largest absolute Gasteiger partial charge is 0.493 e. The second-order valence-corrected chi connectivity index (χ2v) is 5.77. The van der Waals surface area contributed by atoms with Crippen LogP contribution in [-0.2, 0) is 11.2 Å². The van der Waals surface area contributed by atoms with Gasteiger partial charge in [-0.15, -0.1) is 0 Å². The van der Waals surface area contributed by atoms with Gasteiger partial charge in [-0.25, -0.2) is 0 Å². The molecule has 0 unspecified atom stereocenters. The molecule has 1 amide bonds. The zero-order chi connectivity index (χ0) is 15.2. The van der Waals surface area contributed by atoms with Gasteiger partial charge in [-0.1, -0.05) is 48.5 Å². The molecule has 0 radical (unpaired) electrons. The minimum Gasteiger partial charge on any atom is -0.493 e. The van der Waals surface area contributed by atoms with Gasteiger partial charge in [0.25, 0.3) is 0 Å².